The molecule has 1 fully saturated rings. The fraction of sp³-hybridized carbons (Fsp3) is 0.435. The first-order valence-electron chi connectivity index (χ1n) is 10.1. The first-order valence-corrected chi connectivity index (χ1v) is 10.1. The fourth-order valence-electron chi connectivity index (χ4n) is 3.76. The lowest BCUT2D eigenvalue weighted by Gasteiger charge is -2.38. The van der Waals surface area contributed by atoms with Crippen molar-refractivity contribution < 1.29 is 18.9 Å². The van der Waals surface area contributed by atoms with E-state index in [1.807, 2.05) is 30.3 Å². The van der Waals surface area contributed by atoms with E-state index in [2.05, 4.69) is 27.8 Å². The van der Waals surface area contributed by atoms with Crippen LogP contribution in [0.2, 0.25) is 0 Å². The van der Waals surface area contributed by atoms with Gasteiger partial charge in [0.1, 0.15) is 5.75 Å². The van der Waals surface area contributed by atoms with Gasteiger partial charge in [-0.15, -0.1) is 24.0 Å². The summed E-state index contributed by atoms with van der Waals surface area (Å²) in [5, 5.41) is 6.83. The minimum atomic E-state index is -0.0280. The highest BCUT2D eigenvalue weighted by atomic mass is 127. The second-order valence-corrected chi connectivity index (χ2v) is 7.24. The van der Waals surface area contributed by atoms with Crippen molar-refractivity contribution >= 4 is 35.6 Å². The lowest BCUT2D eigenvalue weighted by molar-refractivity contribution is 0.0514. The first-order chi connectivity index (χ1) is 14.6. The average Bonchev–Trinajstić information content (AvgIpc) is 2.82. The number of nitrogens with zero attached hydrogens (tertiary/aromatic N) is 1. The Balaban J connectivity index is 0.00000341. The van der Waals surface area contributed by atoms with Crippen LogP contribution < -0.4 is 24.8 Å². The molecule has 0 aliphatic carbocycles. The third-order valence-electron chi connectivity index (χ3n) is 5.62. The predicted molar refractivity (Wildman–Crippen MR) is 135 cm³/mol. The topological polar surface area (TPSA) is 73.3 Å². The van der Waals surface area contributed by atoms with Crippen molar-refractivity contribution in [1.29, 1.82) is 0 Å². The van der Waals surface area contributed by atoms with Crippen LogP contribution in [-0.2, 0) is 10.2 Å². The molecule has 0 bridgehead atoms. The molecule has 8 heteroatoms. The molecule has 170 valence electrons. The van der Waals surface area contributed by atoms with E-state index < -0.39 is 0 Å². The number of anilines is 1. The Morgan fingerprint density at radius 2 is 1.65 bits per heavy atom. The summed E-state index contributed by atoms with van der Waals surface area (Å²) in [6.45, 7) is 2.24. The van der Waals surface area contributed by atoms with Gasteiger partial charge in [-0.25, -0.2) is 0 Å². The van der Waals surface area contributed by atoms with E-state index in [0.29, 0.717) is 17.5 Å². The maximum Gasteiger partial charge on any atom is 0.195 e. The van der Waals surface area contributed by atoms with E-state index in [9.17, 15) is 0 Å². The van der Waals surface area contributed by atoms with E-state index in [-0.39, 0.29) is 29.4 Å². The second kappa shape index (κ2) is 12.0. The number of hydrogen-bond donors (Lipinski definition) is 2. The van der Waals surface area contributed by atoms with Crippen LogP contribution in [0.15, 0.2) is 47.5 Å². The van der Waals surface area contributed by atoms with Crippen molar-refractivity contribution in [2.75, 3.05) is 53.5 Å². The van der Waals surface area contributed by atoms with Gasteiger partial charge < -0.3 is 29.6 Å². The number of methoxy groups -OCH3 is 3. The molecule has 3 rings (SSSR count). The van der Waals surface area contributed by atoms with Gasteiger partial charge in [0, 0.05) is 44.0 Å². The van der Waals surface area contributed by atoms with Crippen LogP contribution in [-0.4, -0.2) is 54.1 Å². The molecule has 2 N–H and O–H groups in total. The molecule has 2 aromatic carbocycles. The van der Waals surface area contributed by atoms with Crippen molar-refractivity contribution in [3.05, 3.63) is 48.0 Å². The molecule has 0 radical (unpaired) electrons. The summed E-state index contributed by atoms with van der Waals surface area (Å²) in [5.74, 6) is 2.91. The molecule has 7 nitrogen and oxygen atoms in total. The zero-order valence-electron chi connectivity index (χ0n) is 18.6. The smallest absolute Gasteiger partial charge is 0.195 e. The Morgan fingerprint density at radius 3 is 2.23 bits per heavy atom. The number of rotatable bonds is 7. The highest BCUT2D eigenvalue weighted by molar-refractivity contribution is 14.0. The molecule has 0 amide bonds. The maximum atomic E-state index is 5.64. The van der Waals surface area contributed by atoms with Gasteiger partial charge in [0.2, 0.25) is 0 Å². The largest absolute Gasteiger partial charge is 0.497 e. The molecule has 0 saturated carbocycles. The third-order valence-corrected chi connectivity index (χ3v) is 5.62. The molecule has 0 aromatic heterocycles. The fourth-order valence-corrected chi connectivity index (χ4v) is 3.76. The number of halogens is 1. The van der Waals surface area contributed by atoms with Gasteiger partial charge in [-0.1, -0.05) is 12.1 Å². The van der Waals surface area contributed by atoms with Gasteiger partial charge in [-0.2, -0.15) is 0 Å². The Morgan fingerprint density at radius 1 is 0.968 bits per heavy atom. The van der Waals surface area contributed by atoms with Crippen molar-refractivity contribution in [2.24, 2.45) is 4.99 Å². The molecular weight excluding hydrogens is 509 g/mol. The zero-order chi connectivity index (χ0) is 21.4. The van der Waals surface area contributed by atoms with E-state index >= 15 is 0 Å². The minimum absolute atomic E-state index is 0. The van der Waals surface area contributed by atoms with Crippen molar-refractivity contribution in [3.8, 4) is 17.2 Å². The van der Waals surface area contributed by atoms with Crippen LogP contribution in [0, 0.1) is 0 Å². The molecule has 31 heavy (non-hydrogen) atoms. The molecule has 1 aliphatic rings. The first kappa shape index (κ1) is 25.1. The zero-order valence-corrected chi connectivity index (χ0v) is 20.9. The van der Waals surface area contributed by atoms with Crippen molar-refractivity contribution in [2.45, 2.75) is 18.3 Å². The van der Waals surface area contributed by atoms with Gasteiger partial charge >= 0.3 is 0 Å². The number of benzene rings is 2. The van der Waals surface area contributed by atoms with E-state index in [0.717, 1.165) is 44.0 Å². The summed E-state index contributed by atoms with van der Waals surface area (Å²) in [4.78, 5) is 4.39. The quantitative estimate of drug-likeness (QED) is 0.313. The van der Waals surface area contributed by atoms with Gasteiger partial charge in [0.15, 0.2) is 17.5 Å². The minimum Gasteiger partial charge on any atom is -0.497 e. The van der Waals surface area contributed by atoms with E-state index in [1.165, 1.54) is 5.56 Å². The molecular formula is C23H32IN3O4. The normalized spacial score (nSPS) is 15.4. The number of hydrogen-bond acceptors (Lipinski definition) is 5. The van der Waals surface area contributed by atoms with Crippen LogP contribution in [0.4, 0.5) is 5.69 Å². The van der Waals surface area contributed by atoms with Gasteiger partial charge in [0.05, 0.1) is 21.3 Å². The lowest BCUT2D eigenvalue weighted by atomic mass is 9.74. The van der Waals surface area contributed by atoms with Gasteiger partial charge in [0.25, 0.3) is 0 Å². The molecule has 1 aliphatic heterocycles. The van der Waals surface area contributed by atoms with Crippen molar-refractivity contribution in [3.63, 3.8) is 0 Å². The Bertz CT molecular complexity index is 852. The summed E-state index contributed by atoms with van der Waals surface area (Å²) >= 11 is 0. The second-order valence-electron chi connectivity index (χ2n) is 7.24. The molecule has 0 spiro atoms. The van der Waals surface area contributed by atoms with E-state index in [1.54, 1.807) is 28.4 Å². The van der Waals surface area contributed by atoms with Gasteiger partial charge in [-0.05, 0) is 42.7 Å². The highest BCUT2D eigenvalue weighted by Crippen LogP contribution is 2.35. The summed E-state index contributed by atoms with van der Waals surface area (Å²) in [5.41, 5.74) is 2.12. The van der Waals surface area contributed by atoms with Crippen LogP contribution in [0.1, 0.15) is 18.4 Å². The summed E-state index contributed by atoms with van der Waals surface area (Å²) in [6.07, 6.45) is 1.89. The van der Waals surface area contributed by atoms with Crippen LogP contribution in [0.5, 0.6) is 17.2 Å². The number of guanidine groups is 1. The Labute approximate surface area is 201 Å². The van der Waals surface area contributed by atoms with Crippen LogP contribution in [0.3, 0.4) is 0 Å². The van der Waals surface area contributed by atoms with Crippen LogP contribution in [0.25, 0.3) is 0 Å². The molecule has 1 heterocycles. The average molecular weight is 541 g/mol. The van der Waals surface area contributed by atoms with Crippen molar-refractivity contribution in [1.82, 2.24) is 5.32 Å². The summed E-state index contributed by atoms with van der Waals surface area (Å²) in [7, 11) is 6.70. The number of ether oxygens (including phenoxy) is 4. The SMILES string of the molecule is CN=C(NCC1(c2ccc(OC)cc2)CCOCC1)Nc1ccc(OC)c(OC)c1.I. The third kappa shape index (κ3) is 6.16. The molecule has 0 atom stereocenters. The Hall–Kier alpha value is -2.20. The van der Waals surface area contributed by atoms with Crippen LogP contribution >= 0.6 is 24.0 Å². The standard InChI is InChI=1S/C23H31N3O4.HI/c1-24-22(26-18-7-10-20(28-3)21(15-18)29-4)25-16-23(11-13-30-14-12-23)17-5-8-19(27-2)9-6-17;/h5-10,15H,11-14,16H2,1-4H3,(H2,24,25,26);1H. The molecule has 1 saturated heterocycles. The van der Waals surface area contributed by atoms with Gasteiger partial charge in [-0.3, -0.25) is 4.99 Å². The predicted octanol–water partition coefficient (Wildman–Crippen LogP) is 4.07. The summed E-state index contributed by atoms with van der Waals surface area (Å²) < 4.78 is 21.7. The molecule has 2 aromatic rings. The maximum absolute atomic E-state index is 5.64. The van der Waals surface area contributed by atoms with E-state index in [4.69, 9.17) is 18.9 Å². The highest BCUT2D eigenvalue weighted by Gasteiger charge is 2.34. The summed E-state index contributed by atoms with van der Waals surface area (Å²) in [6, 6.07) is 14.0. The number of nitrogens with one attached hydrogen (secondary N) is 2. The Kier molecular flexibility index (Phi) is 9.70. The molecule has 0 unspecified atom stereocenters. The lowest BCUT2D eigenvalue weighted by Crippen LogP contribution is -2.46. The number of aliphatic imine (C=N–C) groups is 1. The monoisotopic (exact) mass is 541 g/mol.